The highest BCUT2D eigenvalue weighted by molar-refractivity contribution is 7.14. The summed E-state index contributed by atoms with van der Waals surface area (Å²) in [6.45, 7) is 7.51. The van der Waals surface area contributed by atoms with E-state index in [-0.39, 0.29) is 11.7 Å². The third kappa shape index (κ3) is 5.70. The number of carbonyl (C=O) groups excluding carboxylic acids is 3. The Morgan fingerprint density at radius 1 is 1.29 bits per heavy atom. The lowest BCUT2D eigenvalue weighted by Gasteiger charge is -2.29. The molecule has 1 atom stereocenters. The topological polar surface area (TPSA) is 79.8 Å². The summed E-state index contributed by atoms with van der Waals surface area (Å²) >= 11 is 1.37. The fourth-order valence-electron chi connectivity index (χ4n) is 3.56. The van der Waals surface area contributed by atoms with Crippen LogP contribution in [0.15, 0.2) is 29.6 Å². The van der Waals surface area contributed by atoms with Crippen LogP contribution in [0.5, 0.6) is 0 Å². The highest BCUT2D eigenvalue weighted by atomic mass is 32.1. The van der Waals surface area contributed by atoms with Gasteiger partial charge in [0.05, 0.1) is 5.69 Å². The van der Waals surface area contributed by atoms with Gasteiger partial charge in [-0.05, 0) is 52.2 Å². The predicted molar refractivity (Wildman–Crippen MR) is 121 cm³/mol. The highest BCUT2D eigenvalue weighted by Gasteiger charge is 2.38. The van der Waals surface area contributed by atoms with Gasteiger partial charge < -0.3 is 4.74 Å². The van der Waals surface area contributed by atoms with Crippen molar-refractivity contribution in [2.24, 2.45) is 0 Å². The number of nitrogens with zero attached hydrogens (tertiary/aromatic N) is 3. The van der Waals surface area contributed by atoms with Gasteiger partial charge in [-0.15, -0.1) is 11.3 Å². The highest BCUT2D eigenvalue weighted by Crippen LogP contribution is 2.30. The lowest BCUT2D eigenvalue weighted by Crippen LogP contribution is -2.48. The summed E-state index contributed by atoms with van der Waals surface area (Å²) < 4.78 is 5.47. The molecule has 1 aromatic carbocycles. The average Bonchev–Trinajstić information content (AvgIpc) is 3.35. The number of ether oxygens (including phenoxy) is 1. The summed E-state index contributed by atoms with van der Waals surface area (Å²) in [7, 11) is 1.68. The molecular weight excluding hydrogens is 414 g/mol. The molecule has 0 radical (unpaired) electrons. The number of hydrogen-bond acceptors (Lipinski definition) is 6. The Kier molecular flexibility index (Phi) is 6.79. The Labute approximate surface area is 187 Å². The van der Waals surface area contributed by atoms with E-state index in [0.717, 1.165) is 23.2 Å². The van der Waals surface area contributed by atoms with Crippen LogP contribution in [0.2, 0.25) is 0 Å². The van der Waals surface area contributed by atoms with Gasteiger partial charge >= 0.3 is 6.09 Å². The number of likely N-dealkylation sites (tertiary alicyclic amines) is 1. The van der Waals surface area contributed by atoms with E-state index < -0.39 is 17.7 Å². The number of amides is 2. The normalized spacial score (nSPS) is 16.3. The second kappa shape index (κ2) is 9.18. The fraction of sp³-hybridized carbons (Fsp3) is 0.478. The molecule has 2 aromatic rings. The summed E-state index contributed by atoms with van der Waals surface area (Å²) in [5.41, 5.74) is 1.97. The molecule has 166 valence electrons. The molecule has 0 spiro atoms. The van der Waals surface area contributed by atoms with Gasteiger partial charge in [-0.25, -0.2) is 9.78 Å². The number of hydrogen-bond donors (Lipinski definition) is 0. The molecule has 3 rings (SSSR count). The number of aromatic nitrogens is 1. The Hall–Kier alpha value is -2.74. The van der Waals surface area contributed by atoms with Crippen LogP contribution in [0.1, 0.15) is 46.1 Å². The SMILES string of the molecule is CC(=O)Cc1cccc(-c2csc(N(C)C(=O)[C@@H]3CCCN3C(=O)OC(C)(C)C)n2)c1. The number of thiazole rings is 1. The van der Waals surface area contributed by atoms with Crippen molar-refractivity contribution in [2.75, 3.05) is 18.5 Å². The number of Topliss-reactive ketones (excluding diaryl/α,β-unsaturated/α-hetero) is 1. The van der Waals surface area contributed by atoms with Gasteiger partial charge in [0.15, 0.2) is 5.13 Å². The summed E-state index contributed by atoms with van der Waals surface area (Å²) in [4.78, 5) is 44.8. The summed E-state index contributed by atoms with van der Waals surface area (Å²) in [6, 6.07) is 7.15. The molecule has 0 N–H and O–H groups in total. The first-order valence-electron chi connectivity index (χ1n) is 10.4. The van der Waals surface area contributed by atoms with Crippen LogP contribution in [0.4, 0.5) is 9.93 Å². The number of likely N-dealkylation sites (N-methyl/N-ethyl adjacent to an activating group) is 1. The van der Waals surface area contributed by atoms with E-state index in [1.807, 2.05) is 50.4 Å². The summed E-state index contributed by atoms with van der Waals surface area (Å²) in [5, 5.41) is 2.46. The minimum absolute atomic E-state index is 0.104. The van der Waals surface area contributed by atoms with Crippen LogP contribution >= 0.6 is 11.3 Å². The van der Waals surface area contributed by atoms with E-state index in [1.54, 1.807) is 14.0 Å². The van der Waals surface area contributed by atoms with Gasteiger partial charge in [0.2, 0.25) is 0 Å². The van der Waals surface area contributed by atoms with Crippen LogP contribution < -0.4 is 4.90 Å². The fourth-order valence-corrected chi connectivity index (χ4v) is 4.36. The molecule has 1 saturated heterocycles. The third-order valence-electron chi connectivity index (χ3n) is 4.95. The van der Waals surface area contributed by atoms with Crippen molar-refractivity contribution >= 4 is 34.3 Å². The molecule has 1 fully saturated rings. The minimum atomic E-state index is -0.611. The minimum Gasteiger partial charge on any atom is -0.444 e. The summed E-state index contributed by atoms with van der Waals surface area (Å²) in [5.74, 6) is -0.0675. The quantitative estimate of drug-likeness (QED) is 0.688. The second-order valence-electron chi connectivity index (χ2n) is 8.82. The smallest absolute Gasteiger partial charge is 0.410 e. The zero-order valence-corrected chi connectivity index (χ0v) is 19.5. The van der Waals surface area contributed by atoms with Crippen LogP contribution in [0, 0.1) is 0 Å². The first-order chi connectivity index (χ1) is 14.5. The van der Waals surface area contributed by atoms with Crippen molar-refractivity contribution in [3.05, 3.63) is 35.2 Å². The number of benzene rings is 1. The van der Waals surface area contributed by atoms with Crippen LogP contribution in [-0.2, 0) is 20.7 Å². The van der Waals surface area contributed by atoms with Crippen molar-refractivity contribution in [3.8, 4) is 11.3 Å². The van der Waals surface area contributed by atoms with E-state index in [9.17, 15) is 14.4 Å². The van der Waals surface area contributed by atoms with Crippen molar-refractivity contribution in [1.82, 2.24) is 9.88 Å². The maximum atomic E-state index is 13.2. The van der Waals surface area contributed by atoms with Gasteiger partial charge in [-0.1, -0.05) is 18.2 Å². The molecule has 1 aliphatic heterocycles. The Morgan fingerprint density at radius 2 is 2.03 bits per heavy atom. The maximum absolute atomic E-state index is 13.2. The largest absolute Gasteiger partial charge is 0.444 e. The van der Waals surface area contributed by atoms with E-state index >= 15 is 0 Å². The molecule has 1 aliphatic rings. The molecule has 1 aromatic heterocycles. The molecule has 8 heteroatoms. The number of rotatable bonds is 5. The van der Waals surface area contributed by atoms with Crippen molar-refractivity contribution in [3.63, 3.8) is 0 Å². The zero-order valence-electron chi connectivity index (χ0n) is 18.7. The van der Waals surface area contributed by atoms with Crippen molar-refractivity contribution in [2.45, 2.75) is 58.6 Å². The Morgan fingerprint density at radius 3 is 2.71 bits per heavy atom. The van der Waals surface area contributed by atoms with Crippen molar-refractivity contribution in [1.29, 1.82) is 0 Å². The van der Waals surface area contributed by atoms with Crippen LogP contribution in [-0.4, -0.2) is 52.9 Å². The first kappa shape index (κ1) is 22.9. The molecule has 2 amide bonds. The molecule has 31 heavy (non-hydrogen) atoms. The number of carbonyl (C=O) groups is 3. The third-order valence-corrected chi connectivity index (χ3v) is 5.87. The van der Waals surface area contributed by atoms with Gasteiger partial charge in [0, 0.05) is 31.0 Å². The second-order valence-corrected chi connectivity index (χ2v) is 9.66. The molecular formula is C23H29N3O4S. The van der Waals surface area contributed by atoms with Crippen molar-refractivity contribution < 1.29 is 19.1 Å². The van der Waals surface area contributed by atoms with Gasteiger partial charge in [0.25, 0.3) is 5.91 Å². The number of ketones is 1. The molecule has 0 bridgehead atoms. The van der Waals surface area contributed by atoms with Gasteiger partial charge in [0.1, 0.15) is 17.4 Å². The lowest BCUT2D eigenvalue weighted by molar-refractivity contribution is -0.122. The zero-order chi connectivity index (χ0) is 22.8. The van der Waals surface area contributed by atoms with Gasteiger partial charge in [-0.2, -0.15) is 0 Å². The maximum Gasteiger partial charge on any atom is 0.410 e. The molecule has 0 aliphatic carbocycles. The first-order valence-corrected chi connectivity index (χ1v) is 11.2. The van der Waals surface area contributed by atoms with E-state index in [4.69, 9.17) is 4.74 Å². The lowest BCUT2D eigenvalue weighted by atomic mass is 10.1. The molecule has 2 heterocycles. The molecule has 7 nitrogen and oxygen atoms in total. The standard InChI is InChI=1S/C23H29N3O4S/c1-15(27)12-16-8-6-9-17(13-16)18-14-31-21(24-18)25(5)20(28)19-10-7-11-26(19)22(29)30-23(2,3)4/h6,8-9,13-14,19H,7,10-12H2,1-5H3/t19-/m0/s1. The van der Waals surface area contributed by atoms with E-state index in [0.29, 0.717) is 24.5 Å². The van der Waals surface area contributed by atoms with Gasteiger partial charge in [-0.3, -0.25) is 19.4 Å². The Bertz CT molecular complexity index is 979. The van der Waals surface area contributed by atoms with Crippen LogP contribution in [0.3, 0.4) is 0 Å². The number of anilines is 1. The monoisotopic (exact) mass is 443 g/mol. The molecule has 0 saturated carbocycles. The predicted octanol–water partition coefficient (Wildman–Crippen LogP) is 4.30. The Balaban J connectivity index is 1.74. The molecule has 0 unspecified atom stereocenters. The average molecular weight is 444 g/mol. The van der Waals surface area contributed by atoms with Crippen LogP contribution in [0.25, 0.3) is 11.3 Å². The van der Waals surface area contributed by atoms with E-state index in [1.165, 1.54) is 21.1 Å². The van der Waals surface area contributed by atoms with E-state index in [2.05, 4.69) is 4.98 Å². The summed E-state index contributed by atoms with van der Waals surface area (Å²) in [6.07, 6.45) is 1.29.